The van der Waals surface area contributed by atoms with Gasteiger partial charge >= 0.3 is 0 Å². The van der Waals surface area contributed by atoms with Gasteiger partial charge in [-0.25, -0.2) is 0 Å². The van der Waals surface area contributed by atoms with Gasteiger partial charge in [0.2, 0.25) is 5.91 Å². The van der Waals surface area contributed by atoms with Gasteiger partial charge < -0.3 is 14.5 Å². The lowest BCUT2D eigenvalue weighted by molar-refractivity contribution is -0.117. The van der Waals surface area contributed by atoms with E-state index in [1.54, 1.807) is 13.2 Å². The van der Waals surface area contributed by atoms with Gasteiger partial charge in [-0.3, -0.25) is 4.79 Å². The maximum absolute atomic E-state index is 12.8. The third-order valence-corrected chi connectivity index (χ3v) is 7.03. The molecule has 1 aromatic heterocycles. The first-order valence-electron chi connectivity index (χ1n) is 12.1. The lowest BCUT2D eigenvalue weighted by Crippen LogP contribution is -2.35. The van der Waals surface area contributed by atoms with Crippen molar-refractivity contribution in [1.29, 1.82) is 0 Å². The summed E-state index contributed by atoms with van der Waals surface area (Å²) in [5.74, 6) is 0.706. The number of allylic oxidation sites excluding steroid dienone is 1. The molecule has 1 heterocycles. The second-order valence-electron chi connectivity index (χ2n) is 9.34. The van der Waals surface area contributed by atoms with Crippen LogP contribution < -0.4 is 10.1 Å². The Morgan fingerprint density at radius 3 is 2.59 bits per heavy atom. The number of benzene rings is 3. The number of furan rings is 1. The fraction of sp³-hybridized carbons (Fsp3) is 0.300. The lowest BCUT2D eigenvalue weighted by Gasteiger charge is -2.22. The molecule has 1 N–H and O–H groups in total. The summed E-state index contributed by atoms with van der Waals surface area (Å²) in [6.07, 6.45) is 9.30. The molecule has 0 spiro atoms. The number of carbonyl (C=O) groups is 1. The van der Waals surface area contributed by atoms with E-state index >= 15 is 0 Å². The molecule has 1 amide bonds. The van der Waals surface area contributed by atoms with Crippen LogP contribution in [0.25, 0.3) is 38.4 Å². The van der Waals surface area contributed by atoms with Crippen LogP contribution in [0.1, 0.15) is 50.2 Å². The van der Waals surface area contributed by atoms with E-state index in [2.05, 4.69) is 53.8 Å². The van der Waals surface area contributed by atoms with E-state index in [0.29, 0.717) is 0 Å². The predicted octanol–water partition coefficient (Wildman–Crippen LogP) is 7.42. The number of hydrogen-bond donors (Lipinski definition) is 1. The van der Waals surface area contributed by atoms with Gasteiger partial charge in [-0.05, 0) is 60.7 Å². The molecule has 3 aromatic carbocycles. The average molecular weight is 454 g/mol. The van der Waals surface area contributed by atoms with Crippen LogP contribution in [0.5, 0.6) is 5.75 Å². The van der Waals surface area contributed by atoms with Crippen molar-refractivity contribution in [2.75, 3.05) is 7.11 Å². The molecule has 1 aliphatic rings. The molecule has 1 aliphatic carbocycles. The Morgan fingerprint density at radius 1 is 1.06 bits per heavy atom. The summed E-state index contributed by atoms with van der Waals surface area (Å²) in [5, 5.41) is 6.60. The second-order valence-corrected chi connectivity index (χ2v) is 9.34. The minimum absolute atomic E-state index is 0.0360. The van der Waals surface area contributed by atoms with E-state index in [4.69, 9.17) is 9.15 Å². The van der Waals surface area contributed by atoms with Crippen LogP contribution in [0.4, 0.5) is 0 Å². The summed E-state index contributed by atoms with van der Waals surface area (Å²) in [4.78, 5) is 12.8. The smallest absolute Gasteiger partial charge is 0.244 e. The van der Waals surface area contributed by atoms with Crippen LogP contribution in [0.2, 0.25) is 0 Å². The van der Waals surface area contributed by atoms with E-state index in [0.717, 1.165) is 57.4 Å². The summed E-state index contributed by atoms with van der Waals surface area (Å²) in [7, 11) is 1.67. The monoisotopic (exact) mass is 453 g/mol. The van der Waals surface area contributed by atoms with Crippen LogP contribution in [-0.4, -0.2) is 19.1 Å². The normalized spacial score (nSPS) is 15.1. The zero-order chi connectivity index (χ0) is 23.7. The highest BCUT2D eigenvalue weighted by Gasteiger charge is 2.20. The molecular weight excluding hydrogens is 422 g/mol. The molecule has 0 unspecified atom stereocenters. The van der Waals surface area contributed by atoms with E-state index in [1.807, 2.05) is 20.1 Å². The van der Waals surface area contributed by atoms with Crippen LogP contribution in [0, 0.1) is 6.92 Å². The molecule has 5 rings (SSSR count). The van der Waals surface area contributed by atoms with Crippen molar-refractivity contribution in [3.63, 3.8) is 0 Å². The molecule has 4 heteroatoms. The first kappa shape index (κ1) is 22.3. The van der Waals surface area contributed by atoms with Crippen LogP contribution in [0.3, 0.4) is 0 Å². The minimum atomic E-state index is -0.0360. The van der Waals surface area contributed by atoms with Crippen molar-refractivity contribution in [1.82, 2.24) is 5.32 Å². The van der Waals surface area contributed by atoms with Crippen molar-refractivity contribution in [2.45, 2.75) is 52.0 Å². The molecule has 34 heavy (non-hydrogen) atoms. The van der Waals surface area contributed by atoms with E-state index < -0.39 is 0 Å². The highest BCUT2D eigenvalue weighted by Crippen LogP contribution is 2.41. The molecule has 0 bridgehead atoms. The topological polar surface area (TPSA) is 51.5 Å². The molecule has 174 valence electrons. The molecule has 1 saturated carbocycles. The van der Waals surface area contributed by atoms with Crippen molar-refractivity contribution < 1.29 is 13.9 Å². The minimum Gasteiger partial charge on any atom is -0.496 e. The maximum atomic E-state index is 12.8. The first-order valence-corrected chi connectivity index (χ1v) is 12.1. The average Bonchev–Trinajstić information content (AvgIpc) is 3.28. The molecular formula is C30H31NO3. The lowest BCUT2D eigenvalue weighted by atomic mass is 9.94. The summed E-state index contributed by atoms with van der Waals surface area (Å²) >= 11 is 0. The molecule has 0 aliphatic heterocycles. The zero-order valence-electron chi connectivity index (χ0n) is 20.1. The SMILES string of the molecule is COc1c(/C(C)=C/C(=O)NC2CCCCC2)cc2c(-c3ccc4ccccc4c3)coc2c1C. The van der Waals surface area contributed by atoms with Crippen LogP contribution in [-0.2, 0) is 4.79 Å². The fourth-order valence-electron chi connectivity index (χ4n) is 5.22. The van der Waals surface area contributed by atoms with Gasteiger partial charge in [0.05, 0.1) is 13.4 Å². The standard InChI is InChI=1S/C30H31NO3/c1-19(15-28(32)31-24-11-5-4-6-12-24)25-17-26-27(18-34-30(26)20(2)29(25)33-3)23-14-13-21-9-7-8-10-22(21)16-23/h7-10,13-18,24H,4-6,11-12H2,1-3H3,(H,31,32)/b19-15+. The highest BCUT2D eigenvalue weighted by molar-refractivity contribution is 6.02. The number of nitrogens with one attached hydrogen (secondary N) is 1. The van der Waals surface area contributed by atoms with Gasteiger partial charge in [0.15, 0.2) is 0 Å². The van der Waals surface area contributed by atoms with Crippen molar-refractivity contribution in [3.8, 4) is 16.9 Å². The third-order valence-electron chi connectivity index (χ3n) is 7.03. The summed E-state index contributed by atoms with van der Waals surface area (Å²) in [6.45, 7) is 3.98. The predicted molar refractivity (Wildman–Crippen MR) is 139 cm³/mol. The number of methoxy groups -OCH3 is 1. The van der Waals surface area contributed by atoms with Crippen molar-refractivity contribution in [3.05, 3.63) is 72.0 Å². The fourth-order valence-corrected chi connectivity index (χ4v) is 5.22. The number of carbonyl (C=O) groups excluding carboxylic acids is 1. The number of fused-ring (bicyclic) bond motifs is 2. The molecule has 0 radical (unpaired) electrons. The van der Waals surface area contributed by atoms with E-state index in [9.17, 15) is 4.79 Å². The Labute approximate surface area is 200 Å². The summed E-state index contributed by atoms with van der Waals surface area (Å²) in [5.41, 5.74) is 5.66. The number of amides is 1. The van der Waals surface area contributed by atoms with Crippen LogP contribution >= 0.6 is 0 Å². The quantitative estimate of drug-likeness (QED) is 0.320. The van der Waals surface area contributed by atoms with Crippen LogP contribution in [0.15, 0.2) is 65.3 Å². The molecule has 1 fully saturated rings. The van der Waals surface area contributed by atoms with Crippen molar-refractivity contribution >= 4 is 33.2 Å². The number of hydrogen-bond acceptors (Lipinski definition) is 3. The Morgan fingerprint density at radius 2 is 1.82 bits per heavy atom. The van der Waals surface area contributed by atoms with Gasteiger partial charge in [0.25, 0.3) is 0 Å². The molecule has 4 aromatic rings. The summed E-state index contributed by atoms with van der Waals surface area (Å²) < 4.78 is 11.8. The van der Waals surface area contributed by atoms with Crippen molar-refractivity contribution in [2.24, 2.45) is 0 Å². The van der Waals surface area contributed by atoms with E-state index in [-0.39, 0.29) is 11.9 Å². The van der Waals surface area contributed by atoms with Gasteiger partial charge in [-0.15, -0.1) is 0 Å². The highest BCUT2D eigenvalue weighted by atomic mass is 16.5. The Hall–Kier alpha value is -3.53. The second kappa shape index (κ2) is 9.38. The Bertz CT molecular complexity index is 1390. The number of rotatable bonds is 5. The van der Waals surface area contributed by atoms with Gasteiger partial charge in [-0.1, -0.05) is 55.7 Å². The van der Waals surface area contributed by atoms with Gasteiger partial charge in [0, 0.05) is 34.2 Å². The maximum Gasteiger partial charge on any atom is 0.244 e. The van der Waals surface area contributed by atoms with Gasteiger partial charge in [0.1, 0.15) is 11.3 Å². The number of aryl methyl sites for hydroxylation is 1. The molecule has 0 atom stereocenters. The zero-order valence-corrected chi connectivity index (χ0v) is 20.1. The van der Waals surface area contributed by atoms with E-state index in [1.165, 1.54) is 30.0 Å². The first-order chi connectivity index (χ1) is 16.5. The summed E-state index contributed by atoms with van der Waals surface area (Å²) in [6, 6.07) is 17.2. The Kier molecular flexibility index (Phi) is 6.14. The third kappa shape index (κ3) is 4.21. The largest absolute Gasteiger partial charge is 0.496 e. The molecule has 0 saturated heterocycles. The Balaban J connectivity index is 1.55. The molecule has 4 nitrogen and oxygen atoms in total. The van der Waals surface area contributed by atoms with Gasteiger partial charge in [-0.2, -0.15) is 0 Å². The number of ether oxygens (including phenoxy) is 1.